The van der Waals surface area contributed by atoms with Crippen LogP contribution in [-0.4, -0.2) is 59.0 Å². The third-order valence-corrected chi connectivity index (χ3v) is 3.02. The van der Waals surface area contributed by atoms with Gasteiger partial charge in [0, 0.05) is 6.61 Å². The third-order valence-electron chi connectivity index (χ3n) is 3.02. The van der Waals surface area contributed by atoms with Crippen molar-refractivity contribution in [2.45, 2.75) is 78.6 Å². The second-order valence-electron chi connectivity index (χ2n) is 8.66. The van der Waals surface area contributed by atoms with Gasteiger partial charge in [0.1, 0.15) is 11.2 Å². The van der Waals surface area contributed by atoms with Crippen LogP contribution in [0.1, 0.15) is 61.8 Å². The van der Waals surface area contributed by atoms with E-state index in [-0.39, 0.29) is 13.3 Å². The molecular weight excluding hydrogens is 314 g/mol. The fourth-order valence-electron chi connectivity index (χ4n) is 1.55. The van der Waals surface area contributed by atoms with Gasteiger partial charge in [-0.3, -0.25) is 0 Å². The van der Waals surface area contributed by atoms with E-state index in [9.17, 15) is 9.59 Å². The minimum absolute atomic E-state index is 0.0599. The summed E-state index contributed by atoms with van der Waals surface area (Å²) in [6.45, 7) is 13.6. The van der Waals surface area contributed by atoms with E-state index < -0.39 is 33.5 Å². The van der Waals surface area contributed by atoms with Crippen molar-refractivity contribution < 1.29 is 33.4 Å². The molecule has 0 unspecified atom stereocenters. The molecule has 0 aliphatic rings. The van der Waals surface area contributed by atoms with E-state index in [0.717, 1.165) is 0 Å². The minimum atomic E-state index is -0.802. The Morgan fingerprint density at radius 3 is 1.54 bits per heavy atom. The fraction of sp³-hybridized carbons (Fsp3) is 0.882. The third kappa shape index (κ3) is 8.08. The monoisotopic (exact) mass is 348 g/mol. The van der Waals surface area contributed by atoms with E-state index in [0.29, 0.717) is 6.42 Å². The summed E-state index contributed by atoms with van der Waals surface area (Å²) in [5.41, 5.74) is -2.20. The lowest BCUT2D eigenvalue weighted by Crippen LogP contribution is -2.59. The van der Waals surface area contributed by atoms with Crippen LogP contribution in [0.25, 0.3) is 0 Å². The summed E-state index contributed by atoms with van der Waals surface area (Å²) < 4.78 is 15.6. The molecule has 0 aliphatic heterocycles. The average molecular weight is 348 g/mol. The summed E-state index contributed by atoms with van der Waals surface area (Å²) in [4.78, 5) is 25.2. The summed E-state index contributed by atoms with van der Waals surface area (Å²) in [7, 11) is 1.40. The largest absolute Gasteiger partial charge is 0.528 e. The number of imide groups is 1. The number of aliphatic hydroxyl groups is 1. The van der Waals surface area contributed by atoms with E-state index in [2.05, 4.69) is 0 Å². The average Bonchev–Trinajstić information content (AvgIpc) is 2.31. The molecule has 0 aliphatic carbocycles. The fourth-order valence-corrected chi connectivity index (χ4v) is 1.55. The highest BCUT2D eigenvalue weighted by Crippen LogP contribution is 2.22. The van der Waals surface area contributed by atoms with Gasteiger partial charge in [-0.25, -0.2) is 0 Å². The lowest BCUT2D eigenvalue weighted by atomic mass is 10.1. The van der Waals surface area contributed by atoms with Crippen molar-refractivity contribution >= 4 is 12.2 Å². The standard InChI is InChI=1S/C17H34NO6/c1-15(2,3)23-13(20)18(9,14(21)24-16(4,5)6)12-22-17(7,8)10-11-19/h19H,10-12H2,1-9H3/q+1. The van der Waals surface area contributed by atoms with Gasteiger partial charge < -0.3 is 19.3 Å². The summed E-state index contributed by atoms with van der Waals surface area (Å²) in [5.74, 6) is 0. The van der Waals surface area contributed by atoms with Crippen LogP contribution in [0.5, 0.6) is 0 Å². The second-order valence-corrected chi connectivity index (χ2v) is 8.66. The molecule has 0 heterocycles. The number of rotatable bonds is 5. The van der Waals surface area contributed by atoms with Crippen molar-refractivity contribution in [1.82, 2.24) is 0 Å². The molecule has 0 aromatic rings. The van der Waals surface area contributed by atoms with E-state index in [1.165, 1.54) is 7.05 Å². The number of hydrogen-bond donors (Lipinski definition) is 1. The van der Waals surface area contributed by atoms with Crippen molar-refractivity contribution in [3.63, 3.8) is 0 Å². The van der Waals surface area contributed by atoms with Crippen LogP contribution in [0.15, 0.2) is 0 Å². The maximum absolute atomic E-state index is 12.6. The first-order valence-corrected chi connectivity index (χ1v) is 8.10. The molecule has 0 saturated carbocycles. The number of carbonyl (C=O) groups excluding carboxylic acids is 2. The van der Waals surface area contributed by atoms with Gasteiger partial charge in [0.15, 0.2) is 0 Å². The SMILES string of the molecule is CC(C)(C)OC(=O)[N+](C)(COC(C)(C)CCO)C(=O)OC(C)(C)C. The highest BCUT2D eigenvalue weighted by atomic mass is 16.6. The van der Waals surface area contributed by atoms with Gasteiger partial charge in [-0.2, -0.15) is 9.59 Å². The van der Waals surface area contributed by atoms with E-state index in [4.69, 9.17) is 19.3 Å². The van der Waals surface area contributed by atoms with Gasteiger partial charge in [0.2, 0.25) is 6.73 Å². The molecule has 0 radical (unpaired) electrons. The molecule has 2 amide bonds. The van der Waals surface area contributed by atoms with Crippen LogP contribution in [0, 0.1) is 0 Å². The van der Waals surface area contributed by atoms with Gasteiger partial charge >= 0.3 is 12.2 Å². The Morgan fingerprint density at radius 2 is 1.25 bits per heavy atom. The van der Waals surface area contributed by atoms with Crippen LogP contribution in [0.4, 0.5) is 9.59 Å². The molecule has 0 fully saturated rings. The first-order valence-electron chi connectivity index (χ1n) is 8.10. The summed E-state index contributed by atoms with van der Waals surface area (Å²) in [5, 5.41) is 9.09. The zero-order valence-corrected chi connectivity index (χ0v) is 16.6. The topological polar surface area (TPSA) is 82.1 Å². The van der Waals surface area contributed by atoms with E-state index in [1.807, 2.05) is 0 Å². The number of hydrogen-bond acceptors (Lipinski definition) is 6. The molecule has 0 atom stereocenters. The molecular formula is C17H34NO6+. The molecule has 1 N–H and O–H groups in total. The van der Waals surface area contributed by atoms with Crippen molar-refractivity contribution in [2.75, 3.05) is 20.4 Å². The van der Waals surface area contributed by atoms with Crippen LogP contribution >= 0.6 is 0 Å². The minimum Gasteiger partial charge on any atom is -0.414 e. The number of nitrogens with zero attached hydrogens (tertiary/aromatic N) is 1. The van der Waals surface area contributed by atoms with Crippen molar-refractivity contribution in [3.05, 3.63) is 0 Å². The van der Waals surface area contributed by atoms with Gasteiger partial charge in [0.05, 0.1) is 12.6 Å². The Bertz CT molecular complexity index is 417. The Morgan fingerprint density at radius 1 is 0.875 bits per heavy atom. The molecule has 0 saturated heterocycles. The Hall–Kier alpha value is -1.18. The molecule has 7 nitrogen and oxygen atoms in total. The van der Waals surface area contributed by atoms with Gasteiger partial charge in [-0.15, -0.1) is 4.48 Å². The van der Waals surface area contributed by atoms with E-state index >= 15 is 0 Å². The van der Waals surface area contributed by atoms with Gasteiger partial charge in [0.25, 0.3) is 0 Å². The van der Waals surface area contributed by atoms with Crippen LogP contribution < -0.4 is 0 Å². The van der Waals surface area contributed by atoms with Crippen molar-refractivity contribution in [3.8, 4) is 0 Å². The van der Waals surface area contributed by atoms with Crippen LogP contribution in [-0.2, 0) is 14.2 Å². The second kappa shape index (κ2) is 7.80. The van der Waals surface area contributed by atoms with Gasteiger partial charge in [-0.05, 0) is 61.8 Å². The van der Waals surface area contributed by atoms with Crippen molar-refractivity contribution in [1.29, 1.82) is 0 Å². The molecule has 0 bridgehead atoms. The molecule has 0 aromatic heterocycles. The maximum Gasteiger partial charge on any atom is 0.528 e. The Kier molecular flexibility index (Phi) is 7.42. The number of quaternary nitrogens is 1. The quantitative estimate of drug-likeness (QED) is 0.605. The highest BCUT2D eigenvalue weighted by molar-refractivity contribution is 5.76. The number of amides is 2. The molecule has 7 heteroatoms. The molecule has 0 aromatic carbocycles. The normalized spacial score (nSPS) is 13.6. The summed E-state index contributed by atoms with van der Waals surface area (Å²) in [6.07, 6.45) is -1.14. The maximum atomic E-state index is 12.6. The van der Waals surface area contributed by atoms with E-state index in [1.54, 1.807) is 55.4 Å². The predicted molar refractivity (Wildman–Crippen MR) is 90.4 cm³/mol. The Labute approximate surface area is 145 Å². The first-order chi connectivity index (χ1) is 10.5. The summed E-state index contributed by atoms with van der Waals surface area (Å²) >= 11 is 0. The smallest absolute Gasteiger partial charge is 0.414 e. The lowest BCUT2D eigenvalue weighted by molar-refractivity contribution is -0.793. The number of ether oxygens (including phenoxy) is 3. The predicted octanol–water partition coefficient (Wildman–Crippen LogP) is 3.44. The van der Waals surface area contributed by atoms with Crippen LogP contribution in [0.2, 0.25) is 0 Å². The molecule has 24 heavy (non-hydrogen) atoms. The lowest BCUT2D eigenvalue weighted by Gasteiger charge is -2.34. The zero-order chi connectivity index (χ0) is 19.4. The zero-order valence-electron chi connectivity index (χ0n) is 16.6. The van der Waals surface area contributed by atoms with Gasteiger partial charge in [-0.1, -0.05) is 0 Å². The Balaban J connectivity index is 5.42. The highest BCUT2D eigenvalue weighted by Gasteiger charge is 2.48. The van der Waals surface area contributed by atoms with Crippen molar-refractivity contribution in [2.24, 2.45) is 0 Å². The number of aliphatic hydroxyl groups excluding tert-OH is 1. The molecule has 0 spiro atoms. The summed E-state index contributed by atoms with van der Waals surface area (Å²) in [6, 6.07) is 0. The first kappa shape index (κ1) is 22.8. The van der Waals surface area contributed by atoms with Crippen LogP contribution in [0.3, 0.4) is 0 Å². The number of carbonyl (C=O) groups is 2. The molecule has 0 rings (SSSR count). The molecule has 142 valence electrons.